The maximum atomic E-state index is 13.3. The minimum absolute atomic E-state index is 0.212. The number of benzene rings is 1. The van der Waals surface area contributed by atoms with Crippen LogP contribution in [0.3, 0.4) is 0 Å². The van der Waals surface area contributed by atoms with Crippen molar-refractivity contribution in [3.8, 4) is 5.69 Å². The third-order valence-corrected chi connectivity index (χ3v) is 4.56. The highest BCUT2D eigenvalue weighted by atomic mass is 19.4. The molecule has 3 nitrogen and oxygen atoms in total. The summed E-state index contributed by atoms with van der Waals surface area (Å²) in [7, 11) is 0. The van der Waals surface area contributed by atoms with Gasteiger partial charge in [-0.3, -0.25) is 0 Å². The molecule has 4 rings (SSSR count). The fourth-order valence-electron chi connectivity index (χ4n) is 3.39. The molecule has 1 aliphatic carbocycles. The van der Waals surface area contributed by atoms with Crippen LogP contribution in [0.5, 0.6) is 0 Å². The third-order valence-electron chi connectivity index (χ3n) is 4.56. The first-order valence-electron chi connectivity index (χ1n) is 7.08. The highest BCUT2D eigenvalue weighted by Gasteiger charge is 2.54. The molecule has 0 spiro atoms. The van der Waals surface area contributed by atoms with Gasteiger partial charge in [-0.2, -0.15) is 18.3 Å². The SMILES string of the molecule is Fc1ccc(-n2ccc(C3C4CNCC43)n2)cc1C(F)(F)F. The molecule has 1 aliphatic heterocycles. The minimum Gasteiger partial charge on any atom is -0.316 e. The molecule has 1 saturated heterocycles. The molecule has 0 amide bonds. The molecule has 2 atom stereocenters. The summed E-state index contributed by atoms with van der Waals surface area (Å²) in [5, 5.41) is 7.67. The van der Waals surface area contributed by atoms with E-state index >= 15 is 0 Å². The fraction of sp³-hybridized carbons (Fsp3) is 0.400. The van der Waals surface area contributed by atoms with Crippen LogP contribution in [-0.2, 0) is 6.18 Å². The molecule has 2 fully saturated rings. The van der Waals surface area contributed by atoms with Crippen LogP contribution < -0.4 is 5.32 Å². The summed E-state index contributed by atoms with van der Waals surface area (Å²) in [5.74, 6) is 0.293. The first-order valence-corrected chi connectivity index (χ1v) is 7.08. The monoisotopic (exact) mass is 311 g/mol. The zero-order valence-corrected chi connectivity index (χ0v) is 11.4. The van der Waals surface area contributed by atoms with Crippen molar-refractivity contribution in [1.29, 1.82) is 0 Å². The average molecular weight is 311 g/mol. The number of hydrogen-bond acceptors (Lipinski definition) is 2. The zero-order chi connectivity index (χ0) is 15.5. The van der Waals surface area contributed by atoms with Crippen LogP contribution in [0.15, 0.2) is 30.5 Å². The number of alkyl halides is 3. The number of piperidine rings is 1. The number of hydrogen-bond donors (Lipinski definition) is 1. The number of aromatic nitrogens is 2. The normalized spacial score (nSPS) is 27.0. The van der Waals surface area contributed by atoms with Crippen LogP contribution in [0, 0.1) is 17.7 Å². The molecule has 1 saturated carbocycles. The van der Waals surface area contributed by atoms with E-state index in [9.17, 15) is 17.6 Å². The summed E-state index contributed by atoms with van der Waals surface area (Å²) < 4.78 is 53.0. The highest BCUT2D eigenvalue weighted by molar-refractivity contribution is 5.38. The van der Waals surface area contributed by atoms with Gasteiger partial charge in [-0.05, 0) is 49.2 Å². The molecule has 1 aromatic heterocycles. The van der Waals surface area contributed by atoms with E-state index in [1.165, 1.54) is 10.7 Å². The molecular formula is C15H13F4N3. The molecule has 2 unspecified atom stereocenters. The molecule has 0 bridgehead atoms. The van der Waals surface area contributed by atoms with Gasteiger partial charge >= 0.3 is 6.18 Å². The molecule has 2 heterocycles. The molecule has 22 heavy (non-hydrogen) atoms. The first-order chi connectivity index (χ1) is 10.4. The Morgan fingerprint density at radius 2 is 1.86 bits per heavy atom. The second-order valence-corrected chi connectivity index (χ2v) is 5.86. The van der Waals surface area contributed by atoms with E-state index in [4.69, 9.17) is 0 Å². The van der Waals surface area contributed by atoms with E-state index in [-0.39, 0.29) is 5.69 Å². The van der Waals surface area contributed by atoms with Crippen molar-refractivity contribution < 1.29 is 17.6 Å². The maximum absolute atomic E-state index is 13.3. The topological polar surface area (TPSA) is 29.9 Å². The zero-order valence-electron chi connectivity index (χ0n) is 11.4. The Hall–Kier alpha value is -1.89. The predicted octanol–water partition coefficient (Wildman–Crippen LogP) is 2.96. The van der Waals surface area contributed by atoms with Crippen LogP contribution in [0.2, 0.25) is 0 Å². The maximum Gasteiger partial charge on any atom is 0.419 e. The Labute approximate surface area is 123 Å². The molecule has 1 N–H and O–H groups in total. The van der Waals surface area contributed by atoms with E-state index < -0.39 is 17.6 Å². The van der Waals surface area contributed by atoms with Crippen LogP contribution in [0.4, 0.5) is 17.6 Å². The standard InChI is InChI=1S/C15H13F4N3/c16-12-2-1-8(5-11(12)15(17,18)19)22-4-3-13(21-22)14-9-6-20-7-10(9)14/h1-5,9-10,14,20H,6-7H2. The van der Waals surface area contributed by atoms with Crippen LogP contribution in [0.1, 0.15) is 17.2 Å². The highest BCUT2D eigenvalue weighted by Crippen LogP contribution is 2.55. The van der Waals surface area contributed by atoms with Crippen LogP contribution in [-0.4, -0.2) is 22.9 Å². The van der Waals surface area contributed by atoms with Gasteiger partial charge in [0.15, 0.2) is 0 Å². The van der Waals surface area contributed by atoms with Crippen molar-refractivity contribution >= 4 is 0 Å². The summed E-state index contributed by atoms with van der Waals surface area (Å²) in [4.78, 5) is 0. The van der Waals surface area contributed by atoms with Gasteiger partial charge in [0.25, 0.3) is 0 Å². The molecule has 1 aromatic carbocycles. The first kappa shape index (κ1) is 13.8. The van der Waals surface area contributed by atoms with Crippen molar-refractivity contribution in [2.24, 2.45) is 11.8 Å². The molecule has 2 aliphatic rings. The van der Waals surface area contributed by atoms with Gasteiger partial charge < -0.3 is 5.32 Å². The van der Waals surface area contributed by atoms with Gasteiger partial charge in [0.1, 0.15) is 5.82 Å². The summed E-state index contributed by atoms with van der Waals surface area (Å²) in [6, 6.07) is 4.76. The third kappa shape index (κ3) is 2.11. The van der Waals surface area contributed by atoms with Gasteiger partial charge in [0.05, 0.1) is 16.9 Å². The average Bonchev–Trinajstić information content (AvgIpc) is 2.87. The largest absolute Gasteiger partial charge is 0.419 e. The molecule has 2 aromatic rings. The Balaban J connectivity index is 1.64. The van der Waals surface area contributed by atoms with Gasteiger partial charge in [-0.15, -0.1) is 0 Å². The molecule has 0 radical (unpaired) electrons. The van der Waals surface area contributed by atoms with Crippen molar-refractivity contribution in [3.05, 3.63) is 47.5 Å². The van der Waals surface area contributed by atoms with Crippen LogP contribution >= 0.6 is 0 Å². The molecule has 7 heteroatoms. The van der Waals surface area contributed by atoms with E-state index in [1.807, 2.05) is 6.07 Å². The molecular weight excluding hydrogens is 298 g/mol. The lowest BCUT2D eigenvalue weighted by molar-refractivity contribution is -0.140. The lowest BCUT2D eigenvalue weighted by atomic mass is 10.2. The Morgan fingerprint density at radius 3 is 2.55 bits per heavy atom. The van der Waals surface area contributed by atoms with Crippen molar-refractivity contribution in [1.82, 2.24) is 15.1 Å². The van der Waals surface area contributed by atoms with Gasteiger partial charge in [0.2, 0.25) is 0 Å². The summed E-state index contributed by atoms with van der Waals surface area (Å²) in [5.41, 5.74) is -0.159. The van der Waals surface area contributed by atoms with Crippen molar-refractivity contribution in [3.63, 3.8) is 0 Å². The Kier molecular flexibility index (Phi) is 2.84. The van der Waals surface area contributed by atoms with E-state index in [0.717, 1.165) is 30.9 Å². The van der Waals surface area contributed by atoms with Gasteiger partial charge in [-0.25, -0.2) is 9.07 Å². The van der Waals surface area contributed by atoms with Crippen LogP contribution in [0.25, 0.3) is 5.69 Å². The number of nitrogens with zero attached hydrogens (tertiary/aromatic N) is 2. The number of halogens is 4. The lowest BCUT2D eigenvalue weighted by Crippen LogP contribution is -2.14. The summed E-state index contributed by atoms with van der Waals surface area (Å²) >= 11 is 0. The second-order valence-electron chi connectivity index (χ2n) is 5.86. The minimum atomic E-state index is -4.71. The number of nitrogens with one attached hydrogen (secondary N) is 1. The van der Waals surface area contributed by atoms with E-state index in [2.05, 4.69) is 10.4 Å². The smallest absolute Gasteiger partial charge is 0.316 e. The van der Waals surface area contributed by atoms with Gasteiger partial charge in [0, 0.05) is 12.1 Å². The van der Waals surface area contributed by atoms with Gasteiger partial charge in [-0.1, -0.05) is 0 Å². The summed E-state index contributed by atoms with van der Waals surface area (Å²) in [6.45, 7) is 1.94. The van der Waals surface area contributed by atoms with E-state index in [0.29, 0.717) is 17.8 Å². The number of fused-ring (bicyclic) bond motifs is 1. The molecule has 116 valence electrons. The Morgan fingerprint density at radius 1 is 1.14 bits per heavy atom. The predicted molar refractivity (Wildman–Crippen MR) is 71.1 cm³/mol. The Bertz CT molecular complexity index is 712. The van der Waals surface area contributed by atoms with Crippen molar-refractivity contribution in [2.75, 3.05) is 13.1 Å². The number of rotatable bonds is 2. The fourth-order valence-corrected chi connectivity index (χ4v) is 3.39. The van der Waals surface area contributed by atoms with E-state index in [1.54, 1.807) is 6.20 Å². The lowest BCUT2D eigenvalue weighted by Gasteiger charge is -2.10. The quantitative estimate of drug-likeness (QED) is 0.864. The second kappa shape index (κ2) is 4.55. The summed E-state index contributed by atoms with van der Waals surface area (Å²) in [6.07, 6.45) is -3.08. The van der Waals surface area contributed by atoms with Crippen molar-refractivity contribution in [2.45, 2.75) is 12.1 Å².